The summed E-state index contributed by atoms with van der Waals surface area (Å²) in [6, 6.07) is 7.73. The summed E-state index contributed by atoms with van der Waals surface area (Å²) in [4.78, 5) is 19.4. The van der Waals surface area contributed by atoms with Crippen molar-refractivity contribution < 1.29 is 4.79 Å². The Kier molecular flexibility index (Phi) is 4.72. The topological polar surface area (TPSA) is 73.9 Å². The number of nitrogens with one attached hydrogen (secondary N) is 2. The Balaban J connectivity index is 1.39. The number of nitrogens with zero attached hydrogens (tertiary/aromatic N) is 3. The van der Waals surface area contributed by atoms with Crippen LogP contribution in [0.1, 0.15) is 37.4 Å². The van der Waals surface area contributed by atoms with Crippen molar-refractivity contribution in [3.8, 4) is 23.7 Å². The number of aromatic nitrogens is 3. The third-order valence-corrected chi connectivity index (χ3v) is 5.13. The lowest BCUT2D eigenvalue weighted by Gasteiger charge is -2.29. The molecule has 0 radical (unpaired) electrons. The highest BCUT2D eigenvalue weighted by molar-refractivity contribution is 5.93. The number of benzene rings is 1. The minimum Gasteiger partial charge on any atom is -0.326 e. The second kappa shape index (κ2) is 7.30. The summed E-state index contributed by atoms with van der Waals surface area (Å²) in [6.45, 7) is 2.42. The summed E-state index contributed by atoms with van der Waals surface area (Å²) >= 11 is 0. The van der Waals surface area contributed by atoms with Crippen molar-refractivity contribution in [2.75, 3.05) is 25.0 Å². The first-order chi connectivity index (χ1) is 12.7. The maximum atomic E-state index is 12.6. The zero-order valence-corrected chi connectivity index (χ0v) is 14.7. The Bertz CT molecular complexity index is 825. The van der Waals surface area contributed by atoms with Gasteiger partial charge in [-0.3, -0.25) is 14.8 Å². The highest BCUT2D eigenvalue weighted by Gasteiger charge is 2.27. The minimum absolute atomic E-state index is 0.0395. The molecule has 134 valence electrons. The van der Waals surface area contributed by atoms with E-state index in [1.54, 1.807) is 0 Å². The molecule has 0 bridgehead atoms. The van der Waals surface area contributed by atoms with Gasteiger partial charge >= 0.3 is 0 Å². The van der Waals surface area contributed by atoms with Crippen molar-refractivity contribution in [1.29, 1.82) is 0 Å². The fourth-order valence-corrected chi connectivity index (χ4v) is 3.41. The van der Waals surface area contributed by atoms with Gasteiger partial charge in [-0.25, -0.2) is 4.98 Å². The Morgan fingerprint density at radius 3 is 2.85 bits per heavy atom. The first kappa shape index (κ1) is 16.8. The van der Waals surface area contributed by atoms with Gasteiger partial charge in [-0.15, -0.1) is 6.42 Å². The Labute approximate surface area is 153 Å². The molecule has 4 rings (SSSR count). The maximum absolute atomic E-state index is 12.6. The molecule has 2 aliphatic rings. The van der Waals surface area contributed by atoms with E-state index in [9.17, 15) is 4.79 Å². The molecule has 1 aliphatic carbocycles. The number of H-pyrrole nitrogens is 1. The average molecular weight is 349 g/mol. The molecule has 1 saturated heterocycles. The molecule has 2 heterocycles. The third-order valence-electron chi connectivity index (χ3n) is 5.13. The van der Waals surface area contributed by atoms with Gasteiger partial charge in [-0.05, 0) is 50.9 Å². The van der Waals surface area contributed by atoms with Crippen LogP contribution >= 0.6 is 0 Å². The molecular weight excluding hydrogens is 326 g/mol. The smallest absolute Gasteiger partial charge is 0.227 e. The molecular formula is C20H23N5O. The zero-order valence-electron chi connectivity index (χ0n) is 14.7. The Morgan fingerprint density at radius 1 is 1.31 bits per heavy atom. The molecule has 1 aliphatic heterocycles. The highest BCUT2D eigenvalue weighted by atomic mass is 16.1. The molecule has 2 N–H and O–H groups in total. The number of carbonyl (C=O) groups is 1. The summed E-state index contributed by atoms with van der Waals surface area (Å²) < 4.78 is 0. The first-order valence-electron chi connectivity index (χ1n) is 9.22. The van der Waals surface area contributed by atoms with Crippen molar-refractivity contribution in [1.82, 2.24) is 20.1 Å². The first-order valence-corrected chi connectivity index (χ1v) is 9.22. The third kappa shape index (κ3) is 3.78. The van der Waals surface area contributed by atoms with Crippen molar-refractivity contribution >= 4 is 11.6 Å². The van der Waals surface area contributed by atoms with Crippen LogP contribution in [0, 0.1) is 18.3 Å². The second-order valence-electron chi connectivity index (χ2n) is 7.14. The van der Waals surface area contributed by atoms with Gasteiger partial charge in [0.25, 0.3) is 0 Å². The van der Waals surface area contributed by atoms with Crippen LogP contribution in [0.25, 0.3) is 11.4 Å². The normalized spacial score (nSPS) is 18.4. The number of anilines is 1. The lowest BCUT2D eigenvalue weighted by atomic mass is 9.96. The molecule has 0 unspecified atom stereocenters. The fourth-order valence-electron chi connectivity index (χ4n) is 3.41. The monoisotopic (exact) mass is 349 g/mol. The molecule has 1 amide bonds. The predicted octanol–water partition coefficient (Wildman–Crippen LogP) is 2.63. The summed E-state index contributed by atoms with van der Waals surface area (Å²) in [6.07, 6.45) is 9.42. The molecule has 26 heavy (non-hydrogen) atoms. The molecule has 6 heteroatoms. The number of rotatable bonds is 5. The van der Waals surface area contributed by atoms with Gasteiger partial charge in [0.15, 0.2) is 5.82 Å². The molecule has 6 nitrogen and oxygen atoms in total. The van der Waals surface area contributed by atoms with E-state index in [1.807, 2.05) is 24.3 Å². The van der Waals surface area contributed by atoms with E-state index in [1.165, 1.54) is 12.8 Å². The fraction of sp³-hybridized carbons (Fsp3) is 0.450. The maximum Gasteiger partial charge on any atom is 0.227 e. The van der Waals surface area contributed by atoms with Crippen LogP contribution in [-0.2, 0) is 4.79 Å². The number of hydrogen-bond acceptors (Lipinski definition) is 4. The van der Waals surface area contributed by atoms with Crippen molar-refractivity contribution in [2.24, 2.45) is 5.92 Å². The number of terminal acetylenes is 1. The number of likely N-dealkylation sites (tertiary alicyclic amines) is 1. The Hall–Kier alpha value is -2.65. The van der Waals surface area contributed by atoms with Crippen molar-refractivity contribution in [2.45, 2.75) is 31.6 Å². The SMILES string of the molecule is C#CCN1CCC(C(=O)Nc2cccc(-c3n[nH]c(C4CC4)n3)c2)CC1. The number of amides is 1. The molecule has 2 fully saturated rings. The van der Waals surface area contributed by atoms with E-state index in [0.29, 0.717) is 18.3 Å². The highest BCUT2D eigenvalue weighted by Crippen LogP contribution is 2.38. The van der Waals surface area contributed by atoms with Crippen LogP contribution in [0.2, 0.25) is 0 Å². The molecule has 2 aromatic rings. The number of hydrogen-bond donors (Lipinski definition) is 2. The average Bonchev–Trinajstić information content (AvgIpc) is 3.39. The van der Waals surface area contributed by atoms with Crippen LogP contribution in [0.4, 0.5) is 5.69 Å². The summed E-state index contributed by atoms with van der Waals surface area (Å²) in [7, 11) is 0. The molecule has 1 saturated carbocycles. The number of aromatic amines is 1. The van der Waals surface area contributed by atoms with Gasteiger partial charge in [-0.2, -0.15) is 5.10 Å². The minimum atomic E-state index is 0.0395. The van der Waals surface area contributed by atoms with Gasteiger partial charge < -0.3 is 5.32 Å². The summed E-state index contributed by atoms with van der Waals surface area (Å²) in [5, 5.41) is 10.4. The van der Waals surface area contributed by atoms with Crippen LogP contribution in [-0.4, -0.2) is 45.6 Å². The Morgan fingerprint density at radius 2 is 2.12 bits per heavy atom. The molecule has 1 aromatic heterocycles. The summed E-state index contributed by atoms with van der Waals surface area (Å²) in [5.74, 6) is 4.98. The van der Waals surface area contributed by atoms with E-state index >= 15 is 0 Å². The standard InChI is InChI=1S/C20H23N5O/c1-2-10-25-11-8-15(9-12-25)20(26)21-17-5-3-4-16(13-17)19-22-18(23-24-19)14-6-7-14/h1,3-5,13-15H,6-12H2,(H,21,26)(H,22,23,24). The van der Waals surface area contributed by atoms with Crippen LogP contribution < -0.4 is 5.32 Å². The number of piperidine rings is 1. The van der Waals surface area contributed by atoms with Gasteiger partial charge in [0.05, 0.1) is 6.54 Å². The number of carbonyl (C=O) groups excluding carboxylic acids is 1. The van der Waals surface area contributed by atoms with Crippen LogP contribution in [0.5, 0.6) is 0 Å². The van der Waals surface area contributed by atoms with Crippen molar-refractivity contribution in [3.63, 3.8) is 0 Å². The summed E-state index contributed by atoms with van der Waals surface area (Å²) in [5.41, 5.74) is 1.70. The predicted molar refractivity (Wildman–Crippen MR) is 100 cm³/mol. The van der Waals surface area contributed by atoms with E-state index in [-0.39, 0.29) is 11.8 Å². The quantitative estimate of drug-likeness (QED) is 0.814. The van der Waals surface area contributed by atoms with E-state index < -0.39 is 0 Å². The lowest BCUT2D eigenvalue weighted by molar-refractivity contribution is -0.121. The van der Waals surface area contributed by atoms with Crippen LogP contribution in [0.15, 0.2) is 24.3 Å². The molecule has 0 spiro atoms. The van der Waals surface area contributed by atoms with Crippen LogP contribution in [0.3, 0.4) is 0 Å². The molecule has 1 aromatic carbocycles. The van der Waals surface area contributed by atoms with E-state index in [0.717, 1.165) is 43.0 Å². The second-order valence-corrected chi connectivity index (χ2v) is 7.14. The lowest BCUT2D eigenvalue weighted by Crippen LogP contribution is -2.38. The van der Waals surface area contributed by atoms with Gasteiger partial charge in [0.2, 0.25) is 5.91 Å². The molecule has 0 atom stereocenters. The largest absolute Gasteiger partial charge is 0.326 e. The van der Waals surface area contributed by atoms with E-state index in [2.05, 4.69) is 31.3 Å². The zero-order chi connectivity index (χ0) is 17.9. The van der Waals surface area contributed by atoms with Gasteiger partial charge in [0.1, 0.15) is 5.82 Å². The van der Waals surface area contributed by atoms with Gasteiger partial charge in [0, 0.05) is 23.1 Å². The van der Waals surface area contributed by atoms with E-state index in [4.69, 9.17) is 6.42 Å². The van der Waals surface area contributed by atoms with Crippen molar-refractivity contribution in [3.05, 3.63) is 30.1 Å². The van der Waals surface area contributed by atoms with Gasteiger partial charge in [-0.1, -0.05) is 18.1 Å².